The first kappa shape index (κ1) is 73.3. The van der Waals surface area contributed by atoms with E-state index in [2.05, 4.69) is 36.6 Å². The fourth-order valence-corrected chi connectivity index (χ4v) is 15.1. The molecule has 0 bridgehead atoms. The van der Waals surface area contributed by atoms with Crippen molar-refractivity contribution in [1.82, 2.24) is 50.8 Å². The molecule has 4 saturated heterocycles. The summed E-state index contributed by atoms with van der Waals surface area (Å²) in [6.45, 7) is 3.91. The van der Waals surface area contributed by atoms with Crippen molar-refractivity contribution in [3.63, 3.8) is 0 Å². The predicted molar refractivity (Wildman–Crippen MR) is 336 cm³/mol. The lowest BCUT2D eigenvalue weighted by atomic mass is 9.75. The van der Waals surface area contributed by atoms with Gasteiger partial charge in [0, 0.05) is 62.6 Å². The summed E-state index contributed by atoms with van der Waals surface area (Å²) in [5, 5.41) is 127. The van der Waals surface area contributed by atoms with Crippen molar-refractivity contribution < 1.29 is 107 Å². The van der Waals surface area contributed by atoms with Gasteiger partial charge in [-0.15, -0.1) is 10.2 Å². The molecule has 0 radical (unpaired) electrons. The summed E-state index contributed by atoms with van der Waals surface area (Å²) >= 11 is 0. The zero-order valence-corrected chi connectivity index (χ0v) is 55.0. The molecule has 32 heteroatoms. The Bertz CT molecular complexity index is 3230. The summed E-state index contributed by atoms with van der Waals surface area (Å²) in [7, 11) is 0. The second-order valence-electron chi connectivity index (χ2n) is 27.4. The van der Waals surface area contributed by atoms with Crippen LogP contribution in [0.3, 0.4) is 0 Å². The highest BCUT2D eigenvalue weighted by Gasteiger charge is 2.55. The smallest absolute Gasteiger partial charge is 0.251 e. The summed E-state index contributed by atoms with van der Waals surface area (Å²) in [4.78, 5) is 58.2. The second-order valence-corrected chi connectivity index (χ2v) is 27.4. The van der Waals surface area contributed by atoms with Crippen LogP contribution in [0.2, 0.25) is 0 Å². The van der Waals surface area contributed by atoms with Gasteiger partial charge in [0.15, 0.2) is 18.9 Å². The Morgan fingerprint density at radius 2 is 1.39 bits per heavy atom. The van der Waals surface area contributed by atoms with E-state index in [9.17, 15) is 73.9 Å². The molecule has 4 aliphatic heterocycles. The second kappa shape index (κ2) is 32.8. The maximum Gasteiger partial charge on any atom is 0.251 e. The largest absolute Gasteiger partial charge is 0.394 e. The SMILES string of the molecule is CCC1CC(C(=O)NCCNC(=O)C2CC(n3cc(C4C=C(F)C=CC4)nn3)C(O)[C@H](O[C@@H]3OC(CO)[C@H](O)C(n4cc(-c5cccc(F)c5)nn4)C3O)C2)C[C@@H](O[C@@H]2OC(CO)[C@H](O)C(O[C@@H](CC3CCCCC3)C(=O)N3CCC3)C2NC(C)=O)C1O[C@@H]1OC(C)[C@@H](O)C(O)C1O. The third-order valence-corrected chi connectivity index (χ3v) is 20.8. The van der Waals surface area contributed by atoms with Crippen molar-refractivity contribution in [2.24, 2.45) is 23.7 Å². The molecule has 1 aromatic carbocycles. The van der Waals surface area contributed by atoms with E-state index in [1.165, 1.54) is 61.3 Å². The van der Waals surface area contributed by atoms with Gasteiger partial charge in [-0.1, -0.05) is 74.1 Å². The Balaban J connectivity index is 0.800. The minimum Gasteiger partial charge on any atom is -0.394 e. The van der Waals surface area contributed by atoms with Crippen molar-refractivity contribution >= 4 is 23.6 Å². The van der Waals surface area contributed by atoms with E-state index in [0.29, 0.717) is 43.6 Å². The molecule has 98 heavy (non-hydrogen) atoms. The Hall–Kier alpha value is -5.92. The van der Waals surface area contributed by atoms with Crippen LogP contribution in [0.5, 0.6) is 0 Å². The van der Waals surface area contributed by atoms with Crippen molar-refractivity contribution in [1.29, 1.82) is 0 Å². The fraction of sp³-hybridized carbons (Fsp3) is 0.727. The number of ether oxygens (including phenoxy) is 7. The number of aliphatic hydroxyl groups is 9. The molecule has 16 unspecified atom stereocenters. The molecule has 30 nitrogen and oxygen atoms in total. The first-order chi connectivity index (χ1) is 47.1. The maximum atomic E-state index is 14.6. The van der Waals surface area contributed by atoms with E-state index < -0.39 is 195 Å². The van der Waals surface area contributed by atoms with E-state index in [1.807, 2.05) is 6.92 Å². The molecule has 3 saturated carbocycles. The molecule has 4 amide bonds. The fourth-order valence-electron chi connectivity index (χ4n) is 15.1. The third-order valence-electron chi connectivity index (χ3n) is 20.8. The topological polar surface area (TPSA) is 416 Å². The van der Waals surface area contributed by atoms with Gasteiger partial charge in [-0.25, -0.2) is 18.1 Å². The van der Waals surface area contributed by atoms with Gasteiger partial charge in [0.25, 0.3) is 5.91 Å². The van der Waals surface area contributed by atoms with Crippen molar-refractivity contribution in [2.45, 2.75) is 239 Å². The number of amides is 4. The number of hydrogen-bond donors (Lipinski definition) is 12. The lowest BCUT2D eigenvalue weighted by molar-refractivity contribution is -0.338. The number of nitrogens with zero attached hydrogens (tertiary/aromatic N) is 7. The summed E-state index contributed by atoms with van der Waals surface area (Å²) in [6.07, 6.45) is -11.8. The molecule has 3 aromatic rings. The van der Waals surface area contributed by atoms with Crippen LogP contribution in [-0.2, 0) is 52.3 Å². The Morgan fingerprint density at radius 3 is 2.06 bits per heavy atom. The lowest BCUT2D eigenvalue weighted by Gasteiger charge is -2.49. The standard InChI is InChI=1S/C66H94F2N10O20/c1-4-35-22-38(27-46(59(35)98-66-58(88)57(87)52(82)32(2)92-66)95-64-50(71-33(3)81)60(55(85)49(31-80)96-64)93-47(63(91)76-19-10-20-76)21-34-11-6-5-7-12-34)61(89)69-17-18-70-62(90)39-25-44(77-28-42(72-74-77)36-13-8-15-40(67)23-36)53(83)45(26-39)94-65-56(86)51(54(84)48(30-79)97-65)78-29-43(73-75-78)37-14-9-16-41(68)24-37/h8-9,14-16,23-24,28-29,32,34-36,38-39,44-60,64-66,79-80,82-88H,4-7,10-13,17-22,25-27,30-31H2,1-3H3,(H,69,89)(H,70,90)(H,71,81)/t32?,35?,36?,38?,39?,44?,45-,46-,47+,48?,49?,50?,51?,52-,53?,54+,55+,56?,57?,58?,59?,60?,64-,65-,66+/m1/s1. The van der Waals surface area contributed by atoms with Gasteiger partial charge >= 0.3 is 0 Å². The van der Waals surface area contributed by atoms with Crippen LogP contribution in [0.15, 0.2) is 60.7 Å². The van der Waals surface area contributed by atoms with Crippen LogP contribution in [0.1, 0.15) is 128 Å². The van der Waals surface area contributed by atoms with Crippen molar-refractivity contribution in [2.75, 3.05) is 39.4 Å². The minimum absolute atomic E-state index is 0.0457. The quantitative estimate of drug-likeness (QED) is 0.0515. The number of likely N-dealkylation sites (tertiary alicyclic amines) is 1. The number of hydrogen-bond acceptors (Lipinski definition) is 24. The highest BCUT2D eigenvalue weighted by atomic mass is 19.1. The number of rotatable bonds is 24. The summed E-state index contributed by atoms with van der Waals surface area (Å²) < 4.78 is 75.8. The molecule has 0 spiro atoms. The van der Waals surface area contributed by atoms with Gasteiger partial charge < -0.3 is 100.0 Å². The number of benzene rings is 1. The molecule has 6 heterocycles. The lowest BCUT2D eigenvalue weighted by Crippen LogP contribution is -2.67. The molecule has 11 rings (SSSR count). The van der Waals surface area contributed by atoms with Gasteiger partial charge in [0.1, 0.15) is 96.6 Å². The highest BCUT2D eigenvalue weighted by Crippen LogP contribution is 2.43. The van der Waals surface area contributed by atoms with Gasteiger partial charge in [0.2, 0.25) is 17.7 Å². The van der Waals surface area contributed by atoms with E-state index in [0.717, 1.165) is 43.2 Å². The average molecular weight is 1390 g/mol. The van der Waals surface area contributed by atoms with Gasteiger partial charge in [0.05, 0.1) is 55.6 Å². The average Bonchev–Trinajstić information content (AvgIpc) is 0.908. The predicted octanol–water partition coefficient (Wildman–Crippen LogP) is -0.244. The Kier molecular flexibility index (Phi) is 24.5. The van der Waals surface area contributed by atoms with Crippen LogP contribution in [0.4, 0.5) is 8.78 Å². The Labute approximate surface area is 564 Å². The summed E-state index contributed by atoms with van der Waals surface area (Å²) in [5.41, 5.74) is 0.923. The van der Waals surface area contributed by atoms with Crippen LogP contribution in [-0.4, -0.2) is 260 Å². The number of halogens is 2. The van der Waals surface area contributed by atoms with E-state index in [-0.39, 0.29) is 56.3 Å². The molecule has 7 fully saturated rings. The molecular formula is C66H94F2N10O20. The highest BCUT2D eigenvalue weighted by molar-refractivity contribution is 5.82. The van der Waals surface area contributed by atoms with Crippen LogP contribution in [0.25, 0.3) is 11.3 Å². The van der Waals surface area contributed by atoms with Gasteiger partial charge in [-0.2, -0.15) is 0 Å². The molecule has 25 atom stereocenters. The molecular weight excluding hydrogens is 1290 g/mol. The van der Waals surface area contributed by atoms with Crippen LogP contribution < -0.4 is 16.0 Å². The number of carbonyl (C=O) groups is 4. The zero-order chi connectivity index (χ0) is 69.6. The number of carbonyl (C=O) groups excluding carboxylic acids is 4. The Morgan fingerprint density at radius 1 is 0.714 bits per heavy atom. The first-order valence-electron chi connectivity index (χ1n) is 34.4. The van der Waals surface area contributed by atoms with Crippen molar-refractivity contribution in [3.8, 4) is 11.3 Å². The maximum absolute atomic E-state index is 14.6. The molecule has 4 aliphatic carbocycles. The number of aliphatic hydroxyl groups excluding tert-OH is 9. The summed E-state index contributed by atoms with van der Waals surface area (Å²) in [6, 6.07) is 1.82. The van der Waals surface area contributed by atoms with E-state index in [1.54, 1.807) is 17.0 Å². The van der Waals surface area contributed by atoms with Crippen LogP contribution >= 0.6 is 0 Å². The number of aromatic nitrogens is 6. The third kappa shape index (κ3) is 16.7. The normalized spacial score (nSPS) is 37.3. The van der Waals surface area contributed by atoms with Gasteiger partial charge in [-0.05, 0) is 88.0 Å². The minimum atomic E-state index is -1.75. The zero-order valence-electron chi connectivity index (χ0n) is 55.0. The molecule has 2 aromatic heterocycles. The van der Waals surface area contributed by atoms with Crippen molar-refractivity contribution in [3.05, 3.63) is 72.2 Å². The number of allylic oxidation sites excluding steroid dienone is 4. The van der Waals surface area contributed by atoms with Gasteiger partial charge in [-0.3, -0.25) is 19.2 Å². The first-order valence-corrected chi connectivity index (χ1v) is 34.4. The molecule has 8 aliphatic rings. The molecule has 12 N–H and O–H groups in total. The van der Waals surface area contributed by atoms with E-state index in [4.69, 9.17) is 33.2 Å². The van der Waals surface area contributed by atoms with E-state index >= 15 is 0 Å². The monoisotopic (exact) mass is 1380 g/mol. The van der Waals surface area contributed by atoms with Crippen LogP contribution in [0, 0.1) is 29.5 Å². The number of nitrogens with one attached hydrogen (secondary N) is 3. The molecule has 542 valence electrons. The summed E-state index contributed by atoms with van der Waals surface area (Å²) in [5.74, 6) is -5.57.